The SMILES string of the molecule is CC(C)CNC1CC(C)CN(Cc2ccccc2)C1. The van der Waals surface area contributed by atoms with Gasteiger partial charge in [0.1, 0.15) is 0 Å². The molecule has 19 heavy (non-hydrogen) atoms. The first-order valence-corrected chi connectivity index (χ1v) is 7.63. The van der Waals surface area contributed by atoms with Crippen molar-refractivity contribution in [2.75, 3.05) is 19.6 Å². The van der Waals surface area contributed by atoms with Gasteiger partial charge >= 0.3 is 0 Å². The summed E-state index contributed by atoms with van der Waals surface area (Å²) in [6, 6.07) is 11.5. The topological polar surface area (TPSA) is 15.3 Å². The Labute approximate surface area is 118 Å². The fourth-order valence-corrected chi connectivity index (χ4v) is 2.98. The lowest BCUT2D eigenvalue weighted by Gasteiger charge is -2.37. The first kappa shape index (κ1) is 14.5. The Morgan fingerprint density at radius 3 is 2.63 bits per heavy atom. The molecule has 1 saturated heterocycles. The molecule has 2 unspecified atom stereocenters. The van der Waals surface area contributed by atoms with E-state index in [2.05, 4.69) is 61.3 Å². The zero-order valence-corrected chi connectivity index (χ0v) is 12.6. The van der Waals surface area contributed by atoms with Crippen molar-refractivity contribution in [3.63, 3.8) is 0 Å². The van der Waals surface area contributed by atoms with E-state index in [1.54, 1.807) is 0 Å². The summed E-state index contributed by atoms with van der Waals surface area (Å²) < 4.78 is 0. The van der Waals surface area contributed by atoms with Crippen molar-refractivity contribution < 1.29 is 0 Å². The van der Waals surface area contributed by atoms with E-state index in [1.165, 1.54) is 25.1 Å². The van der Waals surface area contributed by atoms with Crippen LogP contribution in [-0.2, 0) is 6.54 Å². The van der Waals surface area contributed by atoms with E-state index < -0.39 is 0 Å². The van der Waals surface area contributed by atoms with Crippen LogP contribution in [0.25, 0.3) is 0 Å². The molecule has 1 heterocycles. The zero-order chi connectivity index (χ0) is 13.7. The van der Waals surface area contributed by atoms with Gasteiger partial charge in [-0.15, -0.1) is 0 Å². The largest absolute Gasteiger partial charge is 0.312 e. The molecule has 2 heteroatoms. The Hall–Kier alpha value is -0.860. The van der Waals surface area contributed by atoms with Crippen molar-refractivity contribution in [3.05, 3.63) is 35.9 Å². The molecule has 1 N–H and O–H groups in total. The second kappa shape index (κ2) is 7.06. The molecule has 1 fully saturated rings. The average Bonchev–Trinajstić information content (AvgIpc) is 2.37. The molecule has 0 saturated carbocycles. The number of hydrogen-bond acceptors (Lipinski definition) is 2. The van der Waals surface area contributed by atoms with E-state index in [9.17, 15) is 0 Å². The van der Waals surface area contributed by atoms with Gasteiger partial charge in [0.2, 0.25) is 0 Å². The van der Waals surface area contributed by atoms with Gasteiger partial charge in [0, 0.05) is 25.7 Å². The van der Waals surface area contributed by atoms with Gasteiger partial charge in [-0.1, -0.05) is 51.1 Å². The van der Waals surface area contributed by atoms with Crippen LogP contribution < -0.4 is 5.32 Å². The molecule has 1 aromatic rings. The van der Waals surface area contributed by atoms with Crippen molar-refractivity contribution in [2.45, 2.75) is 39.8 Å². The molecule has 0 amide bonds. The highest BCUT2D eigenvalue weighted by Gasteiger charge is 2.24. The zero-order valence-electron chi connectivity index (χ0n) is 12.6. The lowest BCUT2D eigenvalue weighted by Crippen LogP contribution is -2.49. The Kier molecular flexibility index (Phi) is 5.41. The Bertz CT molecular complexity index is 361. The lowest BCUT2D eigenvalue weighted by atomic mass is 9.95. The first-order valence-electron chi connectivity index (χ1n) is 7.63. The monoisotopic (exact) mass is 260 g/mol. The number of likely N-dealkylation sites (tertiary alicyclic amines) is 1. The highest BCUT2D eigenvalue weighted by Crippen LogP contribution is 2.18. The lowest BCUT2D eigenvalue weighted by molar-refractivity contribution is 0.141. The molecule has 1 aliphatic rings. The summed E-state index contributed by atoms with van der Waals surface area (Å²) in [6.45, 7) is 11.6. The number of benzene rings is 1. The molecular weight excluding hydrogens is 232 g/mol. The predicted molar refractivity (Wildman–Crippen MR) is 82.1 cm³/mol. The number of hydrogen-bond donors (Lipinski definition) is 1. The average molecular weight is 260 g/mol. The van der Waals surface area contributed by atoms with Crippen molar-refractivity contribution in [1.29, 1.82) is 0 Å². The van der Waals surface area contributed by atoms with Crippen LogP contribution in [0.5, 0.6) is 0 Å². The van der Waals surface area contributed by atoms with Crippen LogP contribution in [0.1, 0.15) is 32.8 Å². The molecule has 2 rings (SSSR count). The standard InChI is InChI=1S/C17H28N2/c1-14(2)10-18-17-9-15(3)11-19(13-17)12-16-7-5-4-6-8-16/h4-8,14-15,17-18H,9-13H2,1-3H3. The van der Waals surface area contributed by atoms with Crippen LogP contribution in [0.2, 0.25) is 0 Å². The molecule has 0 bridgehead atoms. The third-order valence-corrected chi connectivity index (χ3v) is 3.80. The predicted octanol–water partition coefficient (Wildman–Crippen LogP) is 3.14. The summed E-state index contributed by atoms with van der Waals surface area (Å²) in [5, 5.41) is 3.73. The van der Waals surface area contributed by atoms with Gasteiger partial charge in [0.05, 0.1) is 0 Å². The first-order chi connectivity index (χ1) is 9.13. The Morgan fingerprint density at radius 1 is 1.21 bits per heavy atom. The maximum absolute atomic E-state index is 3.73. The van der Waals surface area contributed by atoms with Gasteiger partial charge in [-0.2, -0.15) is 0 Å². The van der Waals surface area contributed by atoms with E-state index in [0.717, 1.165) is 24.9 Å². The fraction of sp³-hybridized carbons (Fsp3) is 0.647. The quantitative estimate of drug-likeness (QED) is 0.875. The molecule has 0 radical (unpaired) electrons. The summed E-state index contributed by atoms with van der Waals surface area (Å²) in [6.07, 6.45) is 1.32. The maximum Gasteiger partial charge on any atom is 0.0234 e. The van der Waals surface area contributed by atoms with Gasteiger partial charge in [0.15, 0.2) is 0 Å². The molecule has 1 aromatic carbocycles. The van der Waals surface area contributed by atoms with Crippen molar-refractivity contribution in [3.8, 4) is 0 Å². The minimum absolute atomic E-state index is 0.662. The number of nitrogens with zero attached hydrogens (tertiary/aromatic N) is 1. The smallest absolute Gasteiger partial charge is 0.0234 e. The Morgan fingerprint density at radius 2 is 1.95 bits per heavy atom. The van der Waals surface area contributed by atoms with Crippen LogP contribution in [-0.4, -0.2) is 30.6 Å². The summed E-state index contributed by atoms with van der Waals surface area (Å²) in [5.74, 6) is 1.53. The van der Waals surface area contributed by atoms with Crippen LogP contribution in [0.3, 0.4) is 0 Å². The number of nitrogens with one attached hydrogen (secondary N) is 1. The minimum Gasteiger partial charge on any atom is -0.312 e. The normalized spacial score (nSPS) is 24.8. The van der Waals surface area contributed by atoms with Crippen molar-refractivity contribution >= 4 is 0 Å². The summed E-state index contributed by atoms with van der Waals surface area (Å²) in [7, 11) is 0. The van der Waals surface area contributed by atoms with Crippen LogP contribution in [0, 0.1) is 11.8 Å². The summed E-state index contributed by atoms with van der Waals surface area (Å²) in [5.41, 5.74) is 1.43. The maximum atomic E-state index is 3.73. The van der Waals surface area contributed by atoms with Crippen molar-refractivity contribution in [2.24, 2.45) is 11.8 Å². The van der Waals surface area contributed by atoms with Gasteiger partial charge in [-0.25, -0.2) is 0 Å². The van der Waals surface area contributed by atoms with Crippen LogP contribution in [0.15, 0.2) is 30.3 Å². The highest BCUT2D eigenvalue weighted by atomic mass is 15.2. The molecule has 0 spiro atoms. The molecule has 106 valence electrons. The Balaban J connectivity index is 1.87. The number of piperidine rings is 1. The third-order valence-electron chi connectivity index (χ3n) is 3.80. The minimum atomic E-state index is 0.662. The highest BCUT2D eigenvalue weighted by molar-refractivity contribution is 5.14. The van der Waals surface area contributed by atoms with E-state index >= 15 is 0 Å². The second-order valence-electron chi connectivity index (χ2n) is 6.52. The molecule has 0 aliphatic carbocycles. The molecular formula is C17H28N2. The van der Waals surface area contributed by atoms with Gasteiger partial charge in [0.25, 0.3) is 0 Å². The van der Waals surface area contributed by atoms with E-state index in [-0.39, 0.29) is 0 Å². The number of rotatable bonds is 5. The van der Waals surface area contributed by atoms with Crippen LogP contribution >= 0.6 is 0 Å². The molecule has 1 aliphatic heterocycles. The molecule has 0 aromatic heterocycles. The third kappa shape index (κ3) is 4.96. The summed E-state index contributed by atoms with van der Waals surface area (Å²) >= 11 is 0. The van der Waals surface area contributed by atoms with Gasteiger partial charge in [-0.3, -0.25) is 4.90 Å². The fourth-order valence-electron chi connectivity index (χ4n) is 2.98. The van der Waals surface area contributed by atoms with Crippen molar-refractivity contribution in [1.82, 2.24) is 10.2 Å². The van der Waals surface area contributed by atoms with Gasteiger partial charge in [-0.05, 0) is 30.4 Å². The second-order valence-corrected chi connectivity index (χ2v) is 6.52. The van der Waals surface area contributed by atoms with E-state index in [1.807, 2.05) is 0 Å². The molecule has 2 atom stereocenters. The summed E-state index contributed by atoms with van der Waals surface area (Å²) in [4.78, 5) is 2.60. The van der Waals surface area contributed by atoms with Gasteiger partial charge < -0.3 is 5.32 Å². The van der Waals surface area contributed by atoms with E-state index in [4.69, 9.17) is 0 Å². The molecule has 2 nitrogen and oxygen atoms in total. The van der Waals surface area contributed by atoms with Crippen LogP contribution in [0.4, 0.5) is 0 Å². The van der Waals surface area contributed by atoms with E-state index in [0.29, 0.717) is 6.04 Å².